The van der Waals surface area contributed by atoms with E-state index >= 15 is 0 Å². The Labute approximate surface area is 202 Å². The summed E-state index contributed by atoms with van der Waals surface area (Å²) >= 11 is 0. The minimum absolute atomic E-state index is 0.0987. The highest BCUT2D eigenvalue weighted by Crippen LogP contribution is 2.40. The molecule has 1 aliphatic carbocycles. The zero-order valence-electron chi connectivity index (χ0n) is 20.8. The van der Waals surface area contributed by atoms with Crippen LogP contribution in [0.2, 0.25) is 0 Å². The van der Waals surface area contributed by atoms with Gasteiger partial charge in [0.2, 0.25) is 11.2 Å². The molecule has 0 saturated heterocycles. The second-order valence-corrected chi connectivity index (χ2v) is 9.19. The molecule has 0 fully saturated rings. The number of allylic oxidation sites excluding steroid dienone is 9. The van der Waals surface area contributed by atoms with E-state index in [4.69, 9.17) is 19.0 Å². The highest BCUT2D eigenvalue weighted by atomic mass is 16.6. The summed E-state index contributed by atoms with van der Waals surface area (Å²) in [4.78, 5) is 23.6. The van der Waals surface area contributed by atoms with E-state index in [2.05, 4.69) is 39.8 Å². The zero-order chi connectivity index (χ0) is 25.1. The van der Waals surface area contributed by atoms with Gasteiger partial charge in [-0.1, -0.05) is 60.9 Å². The average molecular weight is 469 g/mol. The normalized spacial score (nSPS) is 17.0. The Morgan fingerprint density at radius 3 is 2.68 bits per heavy atom. The first-order valence-electron chi connectivity index (χ1n) is 11.5. The van der Waals surface area contributed by atoms with E-state index in [0.717, 1.165) is 23.5 Å². The van der Waals surface area contributed by atoms with Crippen LogP contribution in [-0.4, -0.2) is 24.3 Å². The molecule has 1 aromatic rings. The fourth-order valence-electron chi connectivity index (χ4n) is 3.77. The third-order valence-electron chi connectivity index (χ3n) is 5.78. The molecule has 0 unspecified atom stereocenters. The van der Waals surface area contributed by atoms with Crippen LogP contribution in [0.15, 0.2) is 80.3 Å². The topological polar surface area (TPSA) is 86.0 Å². The van der Waals surface area contributed by atoms with Crippen molar-refractivity contribution >= 4 is 5.97 Å². The standard InChI is InChI=1S/C28H36O6/c1-20(11-12-24-22(3)10-7-14-28(24,4)5)8-6-9-21(2)13-15-32-27(31)19-34-26-18-33-23(17-29)16-25(26)30/h6,8-9,11-13,16,18,29H,7,10,14-15,17,19H2,1-5H3. The SMILES string of the molecule is CC(C=CC1=C(C)CCCC1(C)C)=CC=CC(C)=CCOC(=O)COc1coc(CO)cc1=O. The lowest BCUT2D eigenvalue weighted by molar-refractivity contribution is -0.144. The molecule has 0 atom stereocenters. The van der Waals surface area contributed by atoms with Gasteiger partial charge < -0.3 is 19.0 Å². The summed E-state index contributed by atoms with van der Waals surface area (Å²) in [7, 11) is 0. The van der Waals surface area contributed by atoms with Crippen molar-refractivity contribution in [1.82, 2.24) is 0 Å². The Kier molecular flexibility index (Phi) is 10.3. The van der Waals surface area contributed by atoms with Gasteiger partial charge in [0.15, 0.2) is 6.61 Å². The molecule has 6 heteroatoms. The first kappa shape index (κ1) is 27.1. The number of ether oxygens (including phenoxy) is 2. The minimum atomic E-state index is -0.602. The van der Waals surface area contributed by atoms with Crippen molar-refractivity contribution in [1.29, 1.82) is 0 Å². The Morgan fingerprint density at radius 2 is 2.00 bits per heavy atom. The van der Waals surface area contributed by atoms with E-state index < -0.39 is 18.0 Å². The fraction of sp³-hybridized carbons (Fsp3) is 0.429. The van der Waals surface area contributed by atoms with Crippen LogP contribution in [0.1, 0.15) is 59.6 Å². The molecule has 0 aromatic carbocycles. The van der Waals surface area contributed by atoms with Crippen LogP contribution < -0.4 is 10.2 Å². The molecule has 0 amide bonds. The van der Waals surface area contributed by atoms with Gasteiger partial charge in [-0.2, -0.15) is 0 Å². The number of aliphatic hydroxyl groups is 1. The summed E-state index contributed by atoms with van der Waals surface area (Å²) in [5.74, 6) is -0.594. The smallest absolute Gasteiger partial charge is 0.344 e. The van der Waals surface area contributed by atoms with E-state index in [1.54, 1.807) is 6.08 Å². The summed E-state index contributed by atoms with van der Waals surface area (Å²) in [6, 6.07) is 1.11. The Morgan fingerprint density at radius 1 is 1.24 bits per heavy atom. The Bertz CT molecular complexity index is 1060. The van der Waals surface area contributed by atoms with Crippen molar-refractivity contribution in [2.24, 2.45) is 5.41 Å². The van der Waals surface area contributed by atoms with Crippen LogP contribution in [0.25, 0.3) is 0 Å². The first-order valence-corrected chi connectivity index (χ1v) is 11.5. The largest absolute Gasteiger partial charge is 0.475 e. The monoisotopic (exact) mass is 468 g/mol. The zero-order valence-corrected chi connectivity index (χ0v) is 20.8. The summed E-state index contributed by atoms with van der Waals surface area (Å²) < 4.78 is 15.2. The van der Waals surface area contributed by atoms with Gasteiger partial charge in [-0.15, -0.1) is 0 Å². The van der Waals surface area contributed by atoms with Crippen LogP contribution in [-0.2, 0) is 16.1 Å². The number of hydrogen-bond donors (Lipinski definition) is 1. The van der Waals surface area contributed by atoms with Crippen molar-refractivity contribution in [2.75, 3.05) is 13.2 Å². The maximum atomic E-state index is 11.8. The fourth-order valence-corrected chi connectivity index (χ4v) is 3.77. The molecule has 184 valence electrons. The highest BCUT2D eigenvalue weighted by Gasteiger charge is 2.26. The molecule has 0 saturated carbocycles. The number of rotatable bonds is 10. The lowest BCUT2D eigenvalue weighted by Gasteiger charge is -2.32. The Balaban J connectivity index is 1.80. The van der Waals surface area contributed by atoms with Gasteiger partial charge in [-0.25, -0.2) is 4.79 Å². The van der Waals surface area contributed by atoms with Gasteiger partial charge in [0.1, 0.15) is 25.2 Å². The van der Waals surface area contributed by atoms with Gasteiger partial charge in [0.25, 0.3) is 0 Å². The van der Waals surface area contributed by atoms with E-state index in [-0.39, 0.29) is 30.1 Å². The first-order chi connectivity index (χ1) is 16.1. The van der Waals surface area contributed by atoms with E-state index in [1.165, 1.54) is 30.4 Å². The molecule has 0 aliphatic heterocycles. The molecule has 2 rings (SSSR count). The maximum absolute atomic E-state index is 11.8. The van der Waals surface area contributed by atoms with Crippen LogP contribution in [0.5, 0.6) is 5.75 Å². The second kappa shape index (κ2) is 12.9. The lowest BCUT2D eigenvalue weighted by atomic mass is 9.72. The molecule has 0 radical (unpaired) electrons. The lowest BCUT2D eigenvalue weighted by Crippen LogP contribution is -2.19. The van der Waals surface area contributed by atoms with Crippen LogP contribution in [0, 0.1) is 5.41 Å². The molecule has 0 spiro atoms. The molecule has 1 aliphatic rings. The number of hydrogen-bond acceptors (Lipinski definition) is 6. The van der Waals surface area contributed by atoms with Crippen molar-refractivity contribution < 1.29 is 23.8 Å². The van der Waals surface area contributed by atoms with Crippen molar-refractivity contribution in [3.05, 3.63) is 87.1 Å². The average Bonchev–Trinajstić information content (AvgIpc) is 2.77. The van der Waals surface area contributed by atoms with Gasteiger partial charge in [0, 0.05) is 6.07 Å². The van der Waals surface area contributed by atoms with Crippen molar-refractivity contribution in [3.8, 4) is 5.75 Å². The molecule has 1 heterocycles. The maximum Gasteiger partial charge on any atom is 0.344 e. The second-order valence-electron chi connectivity index (χ2n) is 9.19. The van der Waals surface area contributed by atoms with Crippen LogP contribution >= 0.6 is 0 Å². The third-order valence-corrected chi connectivity index (χ3v) is 5.78. The van der Waals surface area contributed by atoms with E-state index in [0.29, 0.717) is 0 Å². The van der Waals surface area contributed by atoms with Gasteiger partial charge in [-0.3, -0.25) is 4.79 Å². The molecule has 6 nitrogen and oxygen atoms in total. The van der Waals surface area contributed by atoms with Gasteiger partial charge in [-0.05, 0) is 57.1 Å². The summed E-state index contributed by atoms with van der Waals surface area (Å²) in [6.07, 6.45) is 16.9. The van der Waals surface area contributed by atoms with Gasteiger partial charge >= 0.3 is 5.97 Å². The van der Waals surface area contributed by atoms with Crippen molar-refractivity contribution in [3.63, 3.8) is 0 Å². The molecule has 1 N–H and O–H groups in total. The summed E-state index contributed by atoms with van der Waals surface area (Å²) in [6.45, 7) is 10.2. The summed E-state index contributed by atoms with van der Waals surface area (Å²) in [5, 5.41) is 8.93. The molecule has 0 bridgehead atoms. The number of carbonyl (C=O) groups excluding carboxylic acids is 1. The highest BCUT2D eigenvalue weighted by molar-refractivity contribution is 5.71. The number of aliphatic hydroxyl groups excluding tert-OH is 1. The van der Waals surface area contributed by atoms with Gasteiger partial charge in [0.05, 0.1) is 0 Å². The van der Waals surface area contributed by atoms with Crippen molar-refractivity contribution in [2.45, 2.75) is 60.5 Å². The van der Waals surface area contributed by atoms with E-state index in [9.17, 15) is 9.59 Å². The number of carbonyl (C=O) groups is 1. The molecular weight excluding hydrogens is 432 g/mol. The summed E-state index contributed by atoms with van der Waals surface area (Å²) in [5.41, 5.74) is 4.79. The minimum Gasteiger partial charge on any atom is -0.475 e. The number of esters is 1. The third kappa shape index (κ3) is 8.67. The molecule has 34 heavy (non-hydrogen) atoms. The quantitative estimate of drug-likeness (QED) is 0.356. The predicted molar refractivity (Wildman–Crippen MR) is 133 cm³/mol. The van der Waals surface area contributed by atoms with Crippen LogP contribution in [0.4, 0.5) is 0 Å². The predicted octanol–water partition coefficient (Wildman–Crippen LogP) is 5.59. The van der Waals surface area contributed by atoms with Crippen LogP contribution in [0.3, 0.4) is 0 Å². The molecular formula is C28H36O6. The molecule has 1 aromatic heterocycles. The Hall–Kier alpha value is -3.12. The van der Waals surface area contributed by atoms with E-state index in [1.807, 2.05) is 25.2 Å².